The monoisotopic (exact) mass is 180 g/mol. The molecule has 0 aliphatic heterocycles. The van der Waals surface area contributed by atoms with E-state index in [0.717, 1.165) is 0 Å². The molecule has 0 aromatic carbocycles. The number of nitrogens with zero attached hydrogens (tertiary/aromatic N) is 2. The average Bonchev–Trinajstić information content (AvgIpc) is 2.16. The van der Waals surface area contributed by atoms with Crippen LogP contribution in [0.25, 0.3) is 0 Å². The molecule has 2 amide bonds. The second-order valence-electron chi connectivity index (χ2n) is 2.55. The van der Waals surface area contributed by atoms with Gasteiger partial charge >= 0.3 is 6.03 Å². The third-order valence-electron chi connectivity index (χ3n) is 1.71. The van der Waals surface area contributed by atoms with E-state index in [1.807, 2.05) is 0 Å². The molecule has 1 rings (SSSR count). The summed E-state index contributed by atoms with van der Waals surface area (Å²) in [6.07, 6.45) is 3.10. The molecule has 0 atom stereocenters. The summed E-state index contributed by atoms with van der Waals surface area (Å²) in [6.45, 7) is 0. The van der Waals surface area contributed by atoms with E-state index in [2.05, 4.69) is 10.3 Å². The summed E-state index contributed by atoms with van der Waals surface area (Å²) in [5, 5.41) is 2.50. The van der Waals surface area contributed by atoms with Gasteiger partial charge in [0, 0.05) is 20.3 Å². The third kappa shape index (κ3) is 1.87. The molecule has 5 nitrogen and oxygen atoms in total. The first-order valence-electron chi connectivity index (χ1n) is 3.81. The SMILES string of the molecule is CNC(=O)N(C)c1ccncc1N. The highest BCUT2D eigenvalue weighted by Crippen LogP contribution is 2.19. The largest absolute Gasteiger partial charge is 0.396 e. The molecule has 0 spiro atoms. The number of amides is 2. The number of hydrogen-bond donors (Lipinski definition) is 2. The first-order chi connectivity index (χ1) is 6.16. The molecule has 0 unspecified atom stereocenters. The molecule has 0 radical (unpaired) electrons. The Hall–Kier alpha value is -1.78. The van der Waals surface area contributed by atoms with Gasteiger partial charge in [0.15, 0.2) is 0 Å². The van der Waals surface area contributed by atoms with Crippen molar-refractivity contribution >= 4 is 17.4 Å². The van der Waals surface area contributed by atoms with E-state index in [0.29, 0.717) is 11.4 Å². The van der Waals surface area contributed by atoms with Gasteiger partial charge in [-0.1, -0.05) is 0 Å². The van der Waals surface area contributed by atoms with Crippen LogP contribution in [-0.2, 0) is 0 Å². The predicted octanol–water partition coefficient (Wildman–Crippen LogP) is 0.439. The predicted molar refractivity (Wildman–Crippen MR) is 51.5 cm³/mol. The molecule has 1 aromatic rings. The number of urea groups is 1. The van der Waals surface area contributed by atoms with E-state index < -0.39 is 0 Å². The van der Waals surface area contributed by atoms with Gasteiger partial charge in [-0.2, -0.15) is 0 Å². The fourth-order valence-corrected chi connectivity index (χ4v) is 0.982. The van der Waals surface area contributed by atoms with E-state index in [4.69, 9.17) is 5.73 Å². The van der Waals surface area contributed by atoms with Gasteiger partial charge in [-0.3, -0.25) is 9.88 Å². The van der Waals surface area contributed by atoms with Crippen LogP contribution in [0.5, 0.6) is 0 Å². The zero-order valence-corrected chi connectivity index (χ0v) is 7.61. The van der Waals surface area contributed by atoms with Gasteiger partial charge in [0.2, 0.25) is 0 Å². The molecule has 0 bridgehead atoms. The van der Waals surface area contributed by atoms with Crippen LogP contribution in [0.2, 0.25) is 0 Å². The van der Waals surface area contributed by atoms with Crippen LogP contribution in [0.15, 0.2) is 18.5 Å². The Bertz CT molecular complexity index is 313. The molecular formula is C8H12N4O. The summed E-state index contributed by atoms with van der Waals surface area (Å²) < 4.78 is 0. The fraction of sp³-hybridized carbons (Fsp3) is 0.250. The van der Waals surface area contributed by atoms with Gasteiger partial charge < -0.3 is 11.1 Å². The van der Waals surface area contributed by atoms with Crippen molar-refractivity contribution in [1.29, 1.82) is 0 Å². The number of nitrogens with two attached hydrogens (primary N) is 1. The Morgan fingerprint density at radius 1 is 1.69 bits per heavy atom. The van der Waals surface area contributed by atoms with Crippen molar-refractivity contribution in [2.45, 2.75) is 0 Å². The summed E-state index contributed by atoms with van der Waals surface area (Å²) in [6, 6.07) is 1.47. The lowest BCUT2D eigenvalue weighted by molar-refractivity contribution is 0.249. The van der Waals surface area contributed by atoms with Gasteiger partial charge in [0.1, 0.15) is 0 Å². The molecule has 0 aliphatic rings. The van der Waals surface area contributed by atoms with Gasteiger partial charge in [-0.05, 0) is 6.07 Å². The maximum atomic E-state index is 11.2. The van der Waals surface area contributed by atoms with Crippen molar-refractivity contribution in [2.75, 3.05) is 24.7 Å². The van der Waals surface area contributed by atoms with Crippen LogP contribution < -0.4 is 16.0 Å². The first-order valence-corrected chi connectivity index (χ1v) is 3.81. The Balaban J connectivity index is 2.95. The quantitative estimate of drug-likeness (QED) is 0.658. The summed E-state index contributed by atoms with van der Waals surface area (Å²) >= 11 is 0. The Labute approximate surface area is 76.6 Å². The van der Waals surface area contributed by atoms with Crippen LogP contribution in [0.4, 0.5) is 16.2 Å². The molecule has 3 N–H and O–H groups in total. The summed E-state index contributed by atoms with van der Waals surface area (Å²) in [5.41, 5.74) is 6.76. The van der Waals surface area contributed by atoms with Gasteiger partial charge in [-0.25, -0.2) is 4.79 Å². The molecule has 0 aliphatic carbocycles. The molecule has 13 heavy (non-hydrogen) atoms. The average molecular weight is 180 g/mol. The van der Waals surface area contributed by atoms with Crippen molar-refractivity contribution in [3.8, 4) is 0 Å². The van der Waals surface area contributed by atoms with E-state index in [1.165, 1.54) is 11.1 Å². The van der Waals surface area contributed by atoms with Crippen molar-refractivity contribution in [1.82, 2.24) is 10.3 Å². The second-order valence-corrected chi connectivity index (χ2v) is 2.55. The Morgan fingerprint density at radius 2 is 2.38 bits per heavy atom. The minimum absolute atomic E-state index is 0.210. The number of nitrogen functional groups attached to an aromatic ring is 1. The molecule has 5 heteroatoms. The minimum atomic E-state index is -0.210. The number of pyridine rings is 1. The third-order valence-corrected chi connectivity index (χ3v) is 1.71. The van der Waals surface area contributed by atoms with Crippen LogP contribution in [0.1, 0.15) is 0 Å². The number of aromatic nitrogens is 1. The van der Waals surface area contributed by atoms with Crippen molar-refractivity contribution < 1.29 is 4.79 Å². The minimum Gasteiger partial charge on any atom is -0.396 e. The van der Waals surface area contributed by atoms with Crippen LogP contribution >= 0.6 is 0 Å². The van der Waals surface area contributed by atoms with Crippen LogP contribution in [-0.4, -0.2) is 25.1 Å². The van der Waals surface area contributed by atoms with Crippen molar-refractivity contribution in [3.63, 3.8) is 0 Å². The molecule has 0 saturated heterocycles. The van der Waals surface area contributed by atoms with E-state index >= 15 is 0 Å². The molecule has 1 heterocycles. The van der Waals surface area contributed by atoms with Crippen LogP contribution in [0.3, 0.4) is 0 Å². The summed E-state index contributed by atoms with van der Waals surface area (Å²) in [4.78, 5) is 16.5. The zero-order chi connectivity index (χ0) is 9.84. The smallest absolute Gasteiger partial charge is 0.321 e. The molecule has 70 valence electrons. The van der Waals surface area contributed by atoms with Crippen molar-refractivity contribution in [2.24, 2.45) is 0 Å². The second kappa shape index (κ2) is 3.75. The lowest BCUT2D eigenvalue weighted by Gasteiger charge is -2.17. The van der Waals surface area contributed by atoms with Crippen LogP contribution in [0, 0.1) is 0 Å². The maximum Gasteiger partial charge on any atom is 0.321 e. The molecule has 0 fully saturated rings. The van der Waals surface area contributed by atoms with E-state index in [-0.39, 0.29) is 6.03 Å². The number of hydrogen-bond acceptors (Lipinski definition) is 3. The number of anilines is 2. The van der Waals surface area contributed by atoms with Gasteiger partial charge in [0.05, 0.1) is 17.6 Å². The normalized spacial score (nSPS) is 9.38. The lowest BCUT2D eigenvalue weighted by Crippen LogP contribution is -2.35. The highest BCUT2D eigenvalue weighted by molar-refractivity contribution is 5.94. The zero-order valence-electron chi connectivity index (χ0n) is 7.61. The fourth-order valence-electron chi connectivity index (χ4n) is 0.982. The summed E-state index contributed by atoms with van der Waals surface area (Å²) in [7, 11) is 3.21. The number of nitrogens with one attached hydrogen (secondary N) is 1. The van der Waals surface area contributed by atoms with Gasteiger partial charge in [0.25, 0.3) is 0 Å². The van der Waals surface area contributed by atoms with E-state index in [9.17, 15) is 4.79 Å². The first kappa shape index (κ1) is 9.31. The van der Waals surface area contributed by atoms with E-state index in [1.54, 1.807) is 26.4 Å². The van der Waals surface area contributed by atoms with Crippen molar-refractivity contribution in [3.05, 3.63) is 18.5 Å². The molecule has 1 aromatic heterocycles. The topological polar surface area (TPSA) is 71.2 Å². The number of carbonyl (C=O) groups excluding carboxylic acids is 1. The number of rotatable bonds is 1. The highest BCUT2D eigenvalue weighted by Gasteiger charge is 2.10. The lowest BCUT2D eigenvalue weighted by atomic mass is 10.3. The molecular weight excluding hydrogens is 168 g/mol. The Morgan fingerprint density at radius 3 is 2.92 bits per heavy atom. The van der Waals surface area contributed by atoms with Gasteiger partial charge in [-0.15, -0.1) is 0 Å². The molecule has 0 saturated carbocycles. The standard InChI is InChI=1S/C8H12N4O/c1-10-8(13)12(2)7-3-4-11-5-6(7)9/h3-5H,9H2,1-2H3,(H,10,13). The highest BCUT2D eigenvalue weighted by atomic mass is 16.2. The summed E-state index contributed by atoms with van der Waals surface area (Å²) in [5.74, 6) is 0. The number of carbonyl (C=O) groups is 1. The maximum absolute atomic E-state index is 11.2. The Kier molecular flexibility index (Phi) is 2.69.